The number of carbonyl (C=O) groups is 1. The predicted molar refractivity (Wildman–Crippen MR) is 142 cm³/mol. The second-order valence-corrected chi connectivity index (χ2v) is 10.5. The van der Waals surface area contributed by atoms with Crippen LogP contribution >= 0.6 is 11.6 Å². The average molecular weight is 488 g/mol. The Bertz CT molecular complexity index is 1370. The van der Waals surface area contributed by atoms with Crippen molar-refractivity contribution in [2.75, 3.05) is 18.1 Å². The Balaban J connectivity index is 1.40. The first-order chi connectivity index (χ1) is 16.8. The summed E-state index contributed by atoms with van der Waals surface area (Å²) in [6.07, 6.45) is 0.420. The molecule has 180 valence electrons. The van der Waals surface area contributed by atoms with Gasteiger partial charge in [-0.25, -0.2) is 4.98 Å². The van der Waals surface area contributed by atoms with Crippen LogP contribution in [0.3, 0.4) is 0 Å². The average Bonchev–Trinajstić information content (AvgIpc) is 3.39. The van der Waals surface area contributed by atoms with E-state index in [1.807, 2.05) is 59.5 Å². The molecule has 4 aromatic rings. The van der Waals surface area contributed by atoms with Crippen LogP contribution in [-0.4, -0.2) is 28.6 Å². The van der Waals surface area contributed by atoms with E-state index >= 15 is 0 Å². The Hall–Kier alpha value is -3.31. The zero-order valence-corrected chi connectivity index (χ0v) is 21.1. The molecule has 0 bridgehead atoms. The fourth-order valence-corrected chi connectivity index (χ4v) is 5.06. The molecule has 6 heteroatoms. The van der Waals surface area contributed by atoms with Crippen LogP contribution in [0.5, 0.6) is 5.75 Å². The second kappa shape index (κ2) is 9.38. The van der Waals surface area contributed by atoms with Gasteiger partial charge in [-0.1, -0.05) is 68.8 Å². The first kappa shape index (κ1) is 23.4. The van der Waals surface area contributed by atoms with Crippen molar-refractivity contribution in [1.82, 2.24) is 9.55 Å². The monoisotopic (exact) mass is 487 g/mol. The van der Waals surface area contributed by atoms with Gasteiger partial charge in [-0.3, -0.25) is 4.79 Å². The number of para-hydroxylation sites is 3. The number of aromatic nitrogens is 2. The lowest BCUT2D eigenvalue weighted by Crippen LogP contribution is -2.24. The van der Waals surface area contributed by atoms with Crippen LogP contribution in [0.1, 0.15) is 44.5 Å². The summed E-state index contributed by atoms with van der Waals surface area (Å²) in [6.45, 7) is 8.32. The summed E-state index contributed by atoms with van der Waals surface area (Å²) >= 11 is 6.18. The minimum Gasteiger partial charge on any atom is -0.491 e. The molecule has 2 heterocycles. The van der Waals surface area contributed by atoms with Crippen LogP contribution in [-0.2, 0) is 16.8 Å². The first-order valence-corrected chi connectivity index (χ1v) is 12.4. The zero-order chi connectivity index (χ0) is 24.6. The van der Waals surface area contributed by atoms with E-state index in [4.69, 9.17) is 21.3 Å². The number of anilines is 1. The van der Waals surface area contributed by atoms with Gasteiger partial charge >= 0.3 is 0 Å². The lowest BCUT2D eigenvalue weighted by Gasteiger charge is -2.23. The molecule has 0 radical (unpaired) electrons. The largest absolute Gasteiger partial charge is 0.491 e. The number of nitrogens with zero attached hydrogens (tertiary/aromatic N) is 3. The lowest BCUT2D eigenvalue weighted by atomic mass is 9.86. The van der Waals surface area contributed by atoms with Crippen LogP contribution in [0.4, 0.5) is 5.69 Å². The van der Waals surface area contributed by atoms with E-state index in [1.165, 1.54) is 5.56 Å². The summed E-state index contributed by atoms with van der Waals surface area (Å²) in [5.41, 5.74) is 4.01. The highest BCUT2D eigenvalue weighted by molar-refractivity contribution is 6.30. The Morgan fingerprint density at radius 2 is 1.80 bits per heavy atom. The summed E-state index contributed by atoms with van der Waals surface area (Å²) in [5.74, 6) is 1.92. The van der Waals surface area contributed by atoms with Gasteiger partial charge in [0.2, 0.25) is 5.91 Å². The topological polar surface area (TPSA) is 47.4 Å². The predicted octanol–water partition coefficient (Wildman–Crippen LogP) is 6.59. The van der Waals surface area contributed by atoms with E-state index in [1.54, 1.807) is 0 Å². The van der Waals surface area contributed by atoms with E-state index < -0.39 is 0 Å². The molecule has 35 heavy (non-hydrogen) atoms. The van der Waals surface area contributed by atoms with E-state index in [0.717, 1.165) is 28.3 Å². The number of amides is 1. The second-order valence-electron chi connectivity index (χ2n) is 10.1. The van der Waals surface area contributed by atoms with Gasteiger partial charge in [-0.2, -0.15) is 0 Å². The van der Waals surface area contributed by atoms with Crippen LogP contribution in [0, 0.1) is 0 Å². The Kier molecular flexibility index (Phi) is 6.28. The molecular formula is C29H30ClN3O2. The molecule has 5 rings (SSSR count). The summed E-state index contributed by atoms with van der Waals surface area (Å²) in [5, 5.41) is 0.624. The summed E-state index contributed by atoms with van der Waals surface area (Å²) in [4.78, 5) is 19.7. The number of rotatable bonds is 6. The molecular weight excluding hydrogens is 458 g/mol. The van der Waals surface area contributed by atoms with Gasteiger partial charge in [-0.05, 0) is 47.4 Å². The first-order valence-electron chi connectivity index (χ1n) is 12.0. The fourth-order valence-electron chi connectivity index (χ4n) is 4.87. The maximum absolute atomic E-state index is 12.9. The van der Waals surface area contributed by atoms with Crippen molar-refractivity contribution >= 4 is 34.2 Å². The van der Waals surface area contributed by atoms with E-state index in [0.29, 0.717) is 31.1 Å². The summed E-state index contributed by atoms with van der Waals surface area (Å²) < 4.78 is 8.50. The number of carbonyl (C=O) groups excluding carboxylic acids is 1. The maximum Gasteiger partial charge on any atom is 0.227 e. The number of ether oxygens (including phenoxy) is 1. The molecule has 5 nitrogen and oxygen atoms in total. The number of hydrogen-bond donors (Lipinski definition) is 0. The summed E-state index contributed by atoms with van der Waals surface area (Å²) in [7, 11) is 0. The molecule has 1 amide bonds. The highest BCUT2D eigenvalue weighted by Gasteiger charge is 2.35. The number of fused-ring (bicyclic) bond motifs is 1. The third kappa shape index (κ3) is 4.78. The maximum atomic E-state index is 12.9. The van der Waals surface area contributed by atoms with Crippen molar-refractivity contribution in [2.45, 2.75) is 45.1 Å². The fraction of sp³-hybridized carbons (Fsp3) is 0.310. The minimum atomic E-state index is -0.00394. The number of hydrogen-bond acceptors (Lipinski definition) is 3. The quantitative estimate of drug-likeness (QED) is 0.308. The van der Waals surface area contributed by atoms with Gasteiger partial charge in [-0.15, -0.1) is 0 Å². The highest BCUT2D eigenvalue weighted by atomic mass is 35.5. The smallest absolute Gasteiger partial charge is 0.227 e. The van der Waals surface area contributed by atoms with Gasteiger partial charge in [0.05, 0.1) is 17.6 Å². The molecule has 1 atom stereocenters. The van der Waals surface area contributed by atoms with Crippen molar-refractivity contribution in [3.8, 4) is 5.75 Å². The molecule has 1 saturated heterocycles. The SMILES string of the molecule is CC(C)(C)c1ccccc1OCCn1c(C2CC(=O)N(c3cccc(Cl)c3)C2)nc2ccccc21. The van der Waals surface area contributed by atoms with Crippen LogP contribution in [0.15, 0.2) is 72.8 Å². The lowest BCUT2D eigenvalue weighted by molar-refractivity contribution is -0.117. The van der Waals surface area contributed by atoms with Gasteiger partial charge in [0.1, 0.15) is 18.2 Å². The zero-order valence-electron chi connectivity index (χ0n) is 20.4. The van der Waals surface area contributed by atoms with Crippen molar-refractivity contribution in [3.63, 3.8) is 0 Å². The van der Waals surface area contributed by atoms with Gasteiger partial charge in [0.15, 0.2) is 0 Å². The van der Waals surface area contributed by atoms with Crippen LogP contribution < -0.4 is 9.64 Å². The Morgan fingerprint density at radius 1 is 1.03 bits per heavy atom. The molecule has 1 aromatic heterocycles. The van der Waals surface area contributed by atoms with E-state index in [9.17, 15) is 4.79 Å². The van der Waals surface area contributed by atoms with Crippen molar-refractivity contribution in [2.24, 2.45) is 0 Å². The van der Waals surface area contributed by atoms with E-state index in [-0.39, 0.29) is 17.2 Å². The summed E-state index contributed by atoms with van der Waals surface area (Å²) in [6, 6.07) is 23.8. The van der Waals surface area contributed by atoms with Gasteiger partial charge in [0.25, 0.3) is 0 Å². The van der Waals surface area contributed by atoms with Crippen molar-refractivity contribution in [3.05, 3.63) is 89.2 Å². The highest BCUT2D eigenvalue weighted by Crippen LogP contribution is 2.34. The Labute approximate surface area is 211 Å². The van der Waals surface area contributed by atoms with Crippen LogP contribution in [0.25, 0.3) is 11.0 Å². The number of benzene rings is 3. The molecule has 1 aliphatic heterocycles. The van der Waals surface area contributed by atoms with Gasteiger partial charge in [0, 0.05) is 29.6 Å². The number of halogens is 1. The molecule has 0 spiro atoms. The van der Waals surface area contributed by atoms with Crippen molar-refractivity contribution in [1.29, 1.82) is 0 Å². The standard InChI is InChI=1S/C29H30ClN3O2/c1-29(2,3)23-11-4-7-14-26(23)35-16-15-32-25-13-6-5-12-24(25)31-28(32)20-17-27(34)33(19-20)22-10-8-9-21(30)18-22/h4-14,18,20H,15-17,19H2,1-3H3. The molecule has 0 saturated carbocycles. The molecule has 3 aromatic carbocycles. The third-order valence-corrected chi connectivity index (χ3v) is 6.80. The van der Waals surface area contributed by atoms with Crippen LogP contribution in [0.2, 0.25) is 5.02 Å². The molecule has 1 fully saturated rings. The van der Waals surface area contributed by atoms with E-state index in [2.05, 4.69) is 43.5 Å². The normalized spacial score (nSPS) is 16.3. The molecule has 0 aliphatic carbocycles. The third-order valence-electron chi connectivity index (χ3n) is 6.56. The Morgan fingerprint density at radius 3 is 2.60 bits per heavy atom. The van der Waals surface area contributed by atoms with Gasteiger partial charge < -0.3 is 14.2 Å². The molecule has 0 N–H and O–H groups in total. The van der Waals surface area contributed by atoms with Crippen molar-refractivity contribution < 1.29 is 9.53 Å². The minimum absolute atomic E-state index is 0.00252. The molecule has 1 unspecified atom stereocenters. The number of imidazole rings is 1. The molecule has 1 aliphatic rings.